The average Bonchev–Trinajstić information content (AvgIpc) is 2.96. The lowest BCUT2D eigenvalue weighted by molar-refractivity contribution is -0.145. The lowest BCUT2D eigenvalue weighted by Crippen LogP contribution is -2.42. The number of aliphatic carboxylic acids is 2. The topological polar surface area (TPSA) is 117 Å². The molecular formula is C15H14N2O5S. The van der Waals surface area contributed by atoms with E-state index >= 15 is 0 Å². The Bertz CT molecular complexity index is 739. The van der Waals surface area contributed by atoms with Gasteiger partial charge in [0, 0.05) is 10.9 Å². The predicted octanol–water partition coefficient (Wildman–Crippen LogP) is 1.78. The van der Waals surface area contributed by atoms with Gasteiger partial charge in [-0.1, -0.05) is 29.8 Å². The molecule has 23 heavy (non-hydrogen) atoms. The average molecular weight is 334 g/mol. The zero-order valence-corrected chi connectivity index (χ0v) is 13.0. The lowest BCUT2D eigenvalue weighted by atomic mass is 10.2. The van der Waals surface area contributed by atoms with Crippen molar-refractivity contribution in [3.8, 4) is 10.6 Å². The second-order valence-electron chi connectivity index (χ2n) is 4.87. The molecular weight excluding hydrogens is 320 g/mol. The third kappa shape index (κ3) is 4.36. The molecule has 7 nitrogen and oxygen atoms in total. The summed E-state index contributed by atoms with van der Waals surface area (Å²) in [5.74, 6) is -3.43. The maximum atomic E-state index is 12.0. The zero-order chi connectivity index (χ0) is 17.0. The maximum Gasteiger partial charge on any atom is 0.326 e. The standard InChI is InChI=1S/C15H14N2O5S/c1-8-2-4-9(5-3-8)14-17-11(7-23-14)13(20)16-10(15(21)22)6-12(18)19/h2-5,7,10H,6H2,1H3,(H,16,20)(H,18,19)(H,21,22). The number of aryl methyl sites for hydroxylation is 1. The van der Waals surface area contributed by atoms with Gasteiger partial charge >= 0.3 is 11.9 Å². The number of hydrogen-bond acceptors (Lipinski definition) is 5. The van der Waals surface area contributed by atoms with Gasteiger partial charge in [0.2, 0.25) is 0 Å². The summed E-state index contributed by atoms with van der Waals surface area (Å²) < 4.78 is 0. The van der Waals surface area contributed by atoms with Gasteiger partial charge in [0.1, 0.15) is 16.7 Å². The minimum Gasteiger partial charge on any atom is -0.481 e. The van der Waals surface area contributed by atoms with Crippen molar-refractivity contribution in [3.05, 3.63) is 40.9 Å². The van der Waals surface area contributed by atoms with E-state index in [1.54, 1.807) is 0 Å². The van der Waals surface area contributed by atoms with E-state index < -0.39 is 30.3 Å². The summed E-state index contributed by atoms with van der Waals surface area (Å²) in [6, 6.07) is 6.10. The number of thiazole rings is 1. The van der Waals surface area contributed by atoms with Gasteiger partial charge in [0.05, 0.1) is 6.42 Å². The highest BCUT2D eigenvalue weighted by Crippen LogP contribution is 2.24. The summed E-state index contributed by atoms with van der Waals surface area (Å²) in [5, 5.41) is 21.9. The van der Waals surface area contributed by atoms with E-state index in [9.17, 15) is 14.4 Å². The largest absolute Gasteiger partial charge is 0.481 e. The Labute approximate surface area is 135 Å². The van der Waals surface area contributed by atoms with Gasteiger partial charge in [-0.2, -0.15) is 0 Å². The summed E-state index contributed by atoms with van der Waals surface area (Å²) in [6.07, 6.45) is -0.698. The number of hydrogen-bond donors (Lipinski definition) is 3. The molecule has 0 saturated carbocycles. The van der Waals surface area contributed by atoms with Crippen molar-refractivity contribution in [3.63, 3.8) is 0 Å². The molecule has 2 rings (SSSR count). The molecule has 0 aliphatic rings. The SMILES string of the molecule is Cc1ccc(-c2nc(C(=O)NC(CC(=O)O)C(=O)O)cs2)cc1. The summed E-state index contributed by atoms with van der Waals surface area (Å²) in [4.78, 5) is 37.8. The number of benzene rings is 1. The molecule has 1 aromatic carbocycles. The number of aromatic nitrogens is 1. The van der Waals surface area contributed by atoms with Crippen LogP contribution in [0.25, 0.3) is 10.6 Å². The van der Waals surface area contributed by atoms with Crippen molar-refractivity contribution < 1.29 is 24.6 Å². The molecule has 8 heteroatoms. The predicted molar refractivity (Wildman–Crippen MR) is 83.4 cm³/mol. The van der Waals surface area contributed by atoms with Crippen LogP contribution in [0.2, 0.25) is 0 Å². The van der Waals surface area contributed by atoms with Crippen LogP contribution in [-0.2, 0) is 9.59 Å². The van der Waals surface area contributed by atoms with Crippen LogP contribution in [0, 0.1) is 6.92 Å². The Hall–Kier alpha value is -2.74. The van der Waals surface area contributed by atoms with Gasteiger partial charge in [-0.25, -0.2) is 9.78 Å². The molecule has 120 valence electrons. The van der Waals surface area contributed by atoms with Crippen LogP contribution in [0.3, 0.4) is 0 Å². The second kappa shape index (κ2) is 7.01. The smallest absolute Gasteiger partial charge is 0.326 e. The highest BCUT2D eigenvalue weighted by atomic mass is 32.1. The molecule has 3 N–H and O–H groups in total. The van der Waals surface area contributed by atoms with Gasteiger partial charge < -0.3 is 15.5 Å². The highest BCUT2D eigenvalue weighted by Gasteiger charge is 2.24. The van der Waals surface area contributed by atoms with Crippen LogP contribution in [0.5, 0.6) is 0 Å². The summed E-state index contributed by atoms with van der Waals surface area (Å²) in [7, 11) is 0. The van der Waals surface area contributed by atoms with Gasteiger partial charge in [-0.05, 0) is 6.92 Å². The molecule has 0 bridgehead atoms. The molecule has 1 unspecified atom stereocenters. The molecule has 0 fully saturated rings. The third-order valence-electron chi connectivity index (χ3n) is 3.02. The monoisotopic (exact) mass is 334 g/mol. The molecule has 1 heterocycles. The first-order valence-corrected chi connectivity index (χ1v) is 7.53. The Kier molecular flexibility index (Phi) is 5.07. The van der Waals surface area contributed by atoms with E-state index in [0.29, 0.717) is 5.01 Å². The third-order valence-corrected chi connectivity index (χ3v) is 3.91. The molecule has 1 aromatic heterocycles. The normalized spacial score (nSPS) is 11.7. The van der Waals surface area contributed by atoms with E-state index in [1.165, 1.54) is 16.7 Å². The van der Waals surface area contributed by atoms with Crippen LogP contribution in [0.15, 0.2) is 29.6 Å². The first kappa shape index (κ1) is 16.6. The summed E-state index contributed by atoms with van der Waals surface area (Å²) >= 11 is 1.25. The summed E-state index contributed by atoms with van der Waals surface area (Å²) in [5.41, 5.74) is 2.00. The van der Waals surface area contributed by atoms with Crippen molar-refractivity contribution in [2.45, 2.75) is 19.4 Å². The Morgan fingerprint density at radius 3 is 2.43 bits per heavy atom. The number of carboxylic acids is 2. The zero-order valence-electron chi connectivity index (χ0n) is 12.1. The Morgan fingerprint density at radius 2 is 1.87 bits per heavy atom. The highest BCUT2D eigenvalue weighted by molar-refractivity contribution is 7.13. The van der Waals surface area contributed by atoms with Crippen LogP contribution < -0.4 is 5.32 Å². The minimum atomic E-state index is -1.50. The van der Waals surface area contributed by atoms with Crippen molar-refractivity contribution >= 4 is 29.2 Å². The van der Waals surface area contributed by atoms with Crippen LogP contribution in [0.1, 0.15) is 22.5 Å². The number of nitrogens with zero attached hydrogens (tertiary/aromatic N) is 1. The summed E-state index contributed by atoms with van der Waals surface area (Å²) in [6.45, 7) is 1.96. The Morgan fingerprint density at radius 1 is 1.22 bits per heavy atom. The number of amides is 1. The van der Waals surface area contributed by atoms with Crippen molar-refractivity contribution in [1.29, 1.82) is 0 Å². The van der Waals surface area contributed by atoms with Crippen molar-refractivity contribution in [1.82, 2.24) is 10.3 Å². The fraction of sp³-hybridized carbons (Fsp3) is 0.200. The van der Waals surface area contributed by atoms with Crippen molar-refractivity contribution in [2.75, 3.05) is 0 Å². The molecule has 0 radical (unpaired) electrons. The number of carbonyl (C=O) groups is 3. The first-order valence-electron chi connectivity index (χ1n) is 6.65. The van der Waals surface area contributed by atoms with Gasteiger partial charge in [-0.3, -0.25) is 9.59 Å². The van der Waals surface area contributed by atoms with E-state index in [4.69, 9.17) is 10.2 Å². The molecule has 0 aliphatic heterocycles. The lowest BCUT2D eigenvalue weighted by Gasteiger charge is -2.10. The minimum absolute atomic E-state index is 0.0576. The van der Waals surface area contributed by atoms with Crippen LogP contribution in [0.4, 0.5) is 0 Å². The molecule has 2 aromatic rings. The van der Waals surface area contributed by atoms with E-state index in [-0.39, 0.29) is 5.69 Å². The van der Waals surface area contributed by atoms with E-state index in [1.807, 2.05) is 31.2 Å². The fourth-order valence-electron chi connectivity index (χ4n) is 1.81. The molecule has 1 amide bonds. The van der Waals surface area contributed by atoms with Crippen LogP contribution in [-0.4, -0.2) is 39.1 Å². The van der Waals surface area contributed by atoms with Gasteiger partial charge in [0.25, 0.3) is 5.91 Å². The van der Waals surface area contributed by atoms with Crippen molar-refractivity contribution in [2.24, 2.45) is 0 Å². The number of rotatable bonds is 6. The van der Waals surface area contributed by atoms with E-state index in [2.05, 4.69) is 10.3 Å². The first-order chi connectivity index (χ1) is 10.9. The number of carbonyl (C=O) groups excluding carboxylic acids is 1. The Balaban J connectivity index is 2.12. The van der Waals surface area contributed by atoms with Crippen LogP contribution >= 0.6 is 11.3 Å². The second-order valence-corrected chi connectivity index (χ2v) is 5.72. The molecule has 0 spiro atoms. The van der Waals surface area contributed by atoms with Gasteiger partial charge in [-0.15, -0.1) is 11.3 Å². The van der Waals surface area contributed by atoms with E-state index in [0.717, 1.165) is 11.1 Å². The molecule has 0 aliphatic carbocycles. The molecule has 1 atom stereocenters. The quantitative estimate of drug-likeness (QED) is 0.741. The number of nitrogens with one attached hydrogen (secondary N) is 1. The maximum absolute atomic E-state index is 12.0. The molecule has 0 saturated heterocycles. The van der Waals surface area contributed by atoms with Gasteiger partial charge in [0.15, 0.2) is 0 Å². The fourth-order valence-corrected chi connectivity index (χ4v) is 2.62. The number of carboxylic acid groups (broad SMARTS) is 2.